The highest BCUT2D eigenvalue weighted by Gasteiger charge is 2.54. The molecule has 15 heavy (non-hydrogen) atoms. The second-order valence-corrected chi connectivity index (χ2v) is 3.40. The van der Waals surface area contributed by atoms with Crippen LogP contribution in [0, 0.1) is 0 Å². The zero-order chi connectivity index (χ0) is 11.6. The third-order valence-electron chi connectivity index (χ3n) is 2.05. The molecule has 0 aromatic rings. The number of cyclic esters (lactones) is 1. The fraction of sp³-hybridized carbons (Fsp3) is 0.667. The third kappa shape index (κ3) is 2.26. The molecule has 1 saturated heterocycles. The smallest absolute Gasteiger partial charge is 0.354 e. The van der Waals surface area contributed by atoms with Gasteiger partial charge in [-0.05, 0) is 6.92 Å². The van der Waals surface area contributed by atoms with Crippen molar-refractivity contribution < 1.29 is 28.6 Å². The fourth-order valence-corrected chi connectivity index (χ4v) is 1.34. The van der Waals surface area contributed by atoms with E-state index in [4.69, 9.17) is 9.47 Å². The maximum Gasteiger partial charge on any atom is 0.354 e. The van der Waals surface area contributed by atoms with E-state index in [0.29, 0.717) is 0 Å². The molecule has 1 heterocycles. The molecule has 1 rings (SSSR count). The van der Waals surface area contributed by atoms with Crippen molar-refractivity contribution in [3.8, 4) is 0 Å². The number of rotatable bonds is 2. The Morgan fingerprint density at radius 2 is 2.00 bits per heavy atom. The summed E-state index contributed by atoms with van der Waals surface area (Å²) in [4.78, 5) is 32.9. The Balaban J connectivity index is 2.83. The number of hydrogen-bond donors (Lipinski definition) is 0. The number of hydrogen-bond acceptors (Lipinski definition) is 6. The monoisotopic (exact) mass is 216 g/mol. The minimum Gasteiger partial charge on any atom is -0.458 e. The Bertz CT molecular complexity index is 310. The molecule has 0 unspecified atom stereocenters. The molecule has 0 amide bonds. The Hall–Kier alpha value is -1.59. The van der Waals surface area contributed by atoms with Gasteiger partial charge in [-0.15, -0.1) is 0 Å². The lowest BCUT2D eigenvalue weighted by atomic mass is 10.0. The van der Waals surface area contributed by atoms with E-state index < -0.39 is 29.6 Å². The molecule has 0 spiro atoms. The first-order valence-corrected chi connectivity index (χ1v) is 4.40. The first-order chi connectivity index (χ1) is 6.86. The van der Waals surface area contributed by atoms with E-state index in [0.717, 1.165) is 0 Å². The first kappa shape index (κ1) is 11.5. The molecule has 0 bridgehead atoms. The normalized spacial score (nSPS) is 29.5. The van der Waals surface area contributed by atoms with E-state index >= 15 is 0 Å². The van der Waals surface area contributed by atoms with Crippen molar-refractivity contribution in [3.05, 3.63) is 0 Å². The van der Waals surface area contributed by atoms with Gasteiger partial charge in [0.25, 0.3) is 0 Å². The van der Waals surface area contributed by atoms with Crippen molar-refractivity contribution >= 4 is 17.9 Å². The molecule has 0 N–H and O–H groups in total. The predicted molar refractivity (Wildman–Crippen MR) is 46.7 cm³/mol. The van der Waals surface area contributed by atoms with Crippen molar-refractivity contribution in [2.45, 2.75) is 32.5 Å². The van der Waals surface area contributed by atoms with Gasteiger partial charge < -0.3 is 14.2 Å². The molecule has 0 aromatic carbocycles. The van der Waals surface area contributed by atoms with Gasteiger partial charge >= 0.3 is 17.9 Å². The minimum atomic E-state index is -1.53. The van der Waals surface area contributed by atoms with Crippen molar-refractivity contribution in [2.24, 2.45) is 0 Å². The van der Waals surface area contributed by atoms with Crippen LogP contribution in [0.3, 0.4) is 0 Å². The lowest BCUT2D eigenvalue weighted by molar-refractivity contribution is -0.180. The Labute approximate surface area is 86.5 Å². The molecule has 2 atom stereocenters. The van der Waals surface area contributed by atoms with Crippen LogP contribution >= 0.6 is 0 Å². The first-order valence-electron chi connectivity index (χ1n) is 4.40. The summed E-state index contributed by atoms with van der Waals surface area (Å²) in [5, 5.41) is 0. The van der Waals surface area contributed by atoms with Crippen LogP contribution in [0.2, 0.25) is 0 Å². The van der Waals surface area contributed by atoms with Gasteiger partial charge in [-0.3, -0.25) is 9.59 Å². The molecule has 0 saturated carbocycles. The maximum absolute atomic E-state index is 11.3. The van der Waals surface area contributed by atoms with Gasteiger partial charge in [0, 0.05) is 13.8 Å². The standard InChI is InChI=1S/C9H12O6/c1-5(10)14-7-4-13-8(12)9(7,3)15-6(2)11/h7H,4H2,1-3H3/t7-,9-/m1/s1. The van der Waals surface area contributed by atoms with Crippen molar-refractivity contribution in [1.29, 1.82) is 0 Å². The summed E-state index contributed by atoms with van der Waals surface area (Å²) in [6, 6.07) is 0. The highest BCUT2D eigenvalue weighted by Crippen LogP contribution is 2.27. The molecule has 6 nitrogen and oxygen atoms in total. The van der Waals surface area contributed by atoms with Gasteiger partial charge in [-0.1, -0.05) is 0 Å². The molecule has 1 aliphatic heterocycles. The van der Waals surface area contributed by atoms with Crippen molar-refractivity contribution in [1.82, 2.24) is 0 Å². The Kier molecular flexibility index (Phi) is 2.97. The second-order valence-electron chi connectivity index (χ2n) is 3.40. The summed E-state index contributed by atoms with van der Waals surface area (Å²) >= 11 is 0. The number of esters is 3. The molecular formula is C9H12O6. The number of carbonyl (C=O) groups excluding carboxylic acids is 3. The number of carbonyl (C=O) groups is 3. The molecule has 6 heteroatoms. The Morgan fingerprint density at radius 1 is 1.40 bits per heavy atom. The fourth-order valence-electron chi connectivity index (χ4n) is 1.34. The van der Waals surface area contributed by atoms with Crippen molar-refractivity contribution in [3.63, 3.8) is 0 Å². The highest BCUT2D eigenvalue weighted by atomic mass is 16.7. The molecule has 1 aliphatic rings. The topological polar surface area (TPSA) is 78.9 Å². The largest absolute Gasteiger partial charge is 0.458 e. The molecule has 0 radical (unpaired) electrons. The molecule has 0 aromatic heterocycles. The second kappa shape index (κ2) is 3.88. The van der Waals surface area contributed by atoms with E-state index in [1.54, 1.807) is 0 Å². The van der Waals surface area contributed by atoms with Crippen LogP contribution in [0.1, 0.15) is 20.8 Å². The summed E-state index contributed by atoms with van der Waals surface area (Å²) in [7, 11) is 0. The zero-order valence-electron chi connectivity index (χ0n) is 8.73. The van der Waals surface area contributed by atoms with Crippen LogP contribution in [-0.2, 0) is 28.6 Å². The molecule has 0 aliphatic carbocycles. The lowest BCUT2D eigenvalue weighted by Gasteiger charge is -2.25. The van der Waals surface area contributed by atoms with Crippen LogP contribution in [0.25, 0.3) is 0 Å². The van der Waals surface area contributed by atoms with Crippen LogP contribution in [-0.4, -0.2) is 36.2 Å². The average Bonchev–Trinajstić information content (AvgIpc) is 2.31. The lowest BCUT2D eigenvalue weighted by Crippen LogP contribution is -2.47. The van der Waals surface area contributed by atoms with Crippen LogP contribution < -0.4 is 0 Å². The maximum atomic E-state index is 11.3. The van der Waals surface area contributed by atoms with Gasteiger partial charge in [0.05, 0.1) is 0 Å². The molecule has 84 valence electrons. The van der Waals surface area contributed by atoms with E-state index in [1.807, 2.05) is 0 Å². The van der Waals surface area contributed by atoms with Gasteiger partial charge in [0.1, 0.15) is 6.61 Å². The van der Waals surface area contributed by atoms with Crippen molar-refractivity contribution in [2.75, 3.05) is 6.61 Å². The summed E-state index contributed by atoms with van der Waals surface area (Å²) < 4.78 is 14.4. The van der Waals surface area contributed by atoms with E-state index in [1.165, 1.54) is 20.8 Å². The van der Waals surface area contributed by atoms with E-state index in [9.17, 15) is 14.4 Å². The summed E-state index contributed by atoms with van der Waals surface area (Å²) in [6.07, 6.45) is -0.883. The summed E-state index contributed by atoms with van der Waals surface area (Å²) in [5.74, 6) is -1.89. The minimum absolute atomic E-state index is 0.0950. The van der Waals surface area contributed by atoms with Crippen LogP contribution in [0.5, 0.6) is 0 Å². The van der Waals surface area contributed by atoms with Gasteiger partial charge in [0.15, 0.2) is 6.10 Å². The Morgan fingerprint density at radius 3 is 2.47 bits per heavy atom. The number of ether oxygens (including phenoxy) is 3. The van der Waals surface area contributed by atoms with E-state index in [-0.39, 0.29) is 6.61 Å². The predicted octanol–water partition coefficient (Wildman–Crippen LogP) is -0.203. The summed E-state index contributed by atoms with van der Waals surface area (Å²) in [6.45, 7) is 3.64. The molecular weight excluding hydrogens is 204 g/mol. The third-order valence-corrected chi connectivity index (χ3v) is 2.05. The zero-order valence-corrected chi connectivity index (χ0v) is 8.73. The van der Waals surface area contributed by atoms with E-state index in [2.05, 4.69) is 4.74 Å². The average molecular weight is 216 g/mol. The van der Waals surface area contributed by atoms with Crippen LogP contribution in [0.15, 0.2) is 0 Å². The summed E-state index contributed by atoms with van der Waals surface area (Å²) in [5.41, 5.74) is -1.53. The van der Waals surface area contributed by atoms with Gasteiger partial charge in [0.2, 0.25) is 5.60 Å². The van der Waals surface area contributed by atoms with Gasteiger partial charge in [-0.25, -0.2) is 4.79 Å². The highest BCUT2D eigenvalue weighted by molar-refractivity contribution is 5.85. The van der Waals surface area contributed by atoms with Gasteiger partial charge in [-0.2, -0.15) is 0 Å². The van der Waals surface area contributed by atoms with Crippen LogP contribution in [0.4, 0.5) is 0 Å². The quantitative estimate of drug-likeness (QED) is 0.469. The molecule has 1 fully saturated rings. The SMILES string of the molecule is CC(=O)O[C@@H]1COC(=O)[C@]1(C)OC(C)=O.